The van der Waals surface area contributed by atoms with Gasteiger partial charge in [0.05, 0.1) is 53.5 Å². The molecular formula is C40H80N4O10P+. The number of aliphatic hydroxyl groups is 1. The number of hydrogen-bond acceptors (Lipinski definition) is 10. The number of carbonyl (C=O) groups is 3. The van der Waals surface area contributed by atoms with E-state index in [1.807, 2.05) is 35.2 Å². The lowest BCUT2D eigenvalue weighted by atomic mass is 9.88. The van der Waals surface area contributed by atoms with Crippen LogP contribution in [0.1, 0.15) is 128 Å². The van der Waals surface area contributed by atoms with Crippen LogP contribution in [0.15, 0.2) is 0 Å². The van der Waals surface area contributed by atoms with E-state index in [0.717, 1.165) is 57.8 Å². The van der Waals surface area contributed by atoms with Crippen molar-refractivity contribution in [3.8, 4) is 0 Å². The molecule has 14 nitrogen and oxygen atoms in total. The van der Waals surface area contributed by atoms with E-state index in [1.165, 1.54) is 69.1 Å². The third kappa shape index (κ3) is 26.1. The highest BCUT2D eigenvalue weighted by atomic mass is 31.2. The molecule has 4 N–H and O–H groups in total. The molecule has 0 saturated heterocycles. The predicted molar refractivity (Wildman–Crippen MR) is 218 cm³/mol. The lowest BCUT2D eigenvalue weighted by Crippen LogP contribution is -2.57. The van der Waals surface area contributed by atoms with E-state index in [2.05, 4.69) is 4.90 Å². The smallest absolute Gasteiger partial charge is 0.332 e. The van der Waals surface area contributed by atoms with Crippen molar-refractivity contribution in [1.29, 1.82) is 0 Å². The molecule has 1 fully saturated rings. The Bertz CT molecular complexity index is 1080. The summed E-state index contributed by atoms with van der Waals surface area (Å²) in [4.78, 5) is 41.3. The lowest BCUT2D eigenvalue weighted by Gasteiger charge is -2.44. The largest absolute Gasteiger partial charge is 0.480 e. The zero-order valence-electron chi connectivity index (χ0n) is 35.2. The Morgan fingerprint density at radius 3 is 1.49 bits per heavy atom. The summed E-state index contributed by atoms with van der Waals surface area (Å²) in [5.74, 6) is -3.52. The third-order valence-electron chi connectivity index (χ3n) is 10.6. The van der Waals surface area contributed by atoms with Gasteiger partial charge in [0, 0.05) is 31.3 Å². The molecule has 4 unspecified atom stereocenters. The van der Waals surface area contributed by atoms with Gasteiger partial charge in [0.2, 0.25) is 0 Å². The van der Waals surface area contributed by atoms with Crippen molar-refractivity contribution in [2.24, 2.45) is 0 Å². The molecule has 1 saturated carbocycles. The molecule has 0 aromatic carbocycles. The summed E-state index contributed by atoms with van der Waals surface area (Å²) < 4.78 is 27.3. The molecule has 0 aromatic heterocycles. The lowest BCUT2D eigenvalue weighted by molar-refractivity contribution is -0.870. The average Bonchev–Trinajstić information content (AvgIpc) is 3.09. The number of nitrogens with zero attached hydrogens (tertiary/aromatic N) is 4. The van der Waals surface area contributed by atoms with Gasteiger partial charge in [-0.15, -0.1) is 0 Å². The summed E-state index contributed by atoms with van der Waals surface area (Å²) in [6.45, 7) is -0.398. The van der Waals surface area contributed by atoms with Gasteiger partial charge >= 0.3 is 25.5 Å². The molecule has 0 bridgehead atoms. The number of carboxylic acids is 3. The first kappa shape index (κ1) is 51.4. The highest BCUT2D eigenvalue weighted by Crippen LogP contribution is 2.50. The molecule has 1 aliphatic carbocycles. The normalized spacial score (nSPS) is 18.2. The van der Waals surface area contributed by atoms with E-state index in [9.17, 15) is 34.3 Å². The quantitative estimate of drug-likeness (QED) is 0.0318. The van der Waals surface area contributed by atoms with Gasteiger partial charge in [-0.2, -0.15) is 0 Å². The third-order valence-corrected chi connectivity index (χ3v) is 12.6. The van der Waals surface area contributed by atoms with Crippen molar-refractivity contribution >= 4 is 25.5 Å². The summed E-state index contributed by atoms with van der Waals surface area (Å²) in [6, 6.07) is -1.03. The average molecular weight is 808 g/mol. The van der Waals surface area contributed by atoms with Crippen molar-refractivity contribution in [3.05, 3.63) is 0 Å². The first-order valence-electron chi connectivity index (χ1n) is 21.2. The van der Waals surface area contributed by atoms with Crippen LogP contribution in [0.25, 0.3) is 0 Å². The van der Waals surface area contributed by atoms with Gasteiger partial charge < -0.3 is 38.9 Å². The monoisotopic (exact) mass is 808 g/mol. The Morgan fingerprint density at radius 1 is 0.655 bits per heavy atom. The number of likely N-dealkylation sites (N-methyl/N-ethyl adjacent to an activating group) is 2. The standard InChI is InChI=1S/C40H79N4O10P/c1-41(2)36-24-20-21-25-37(36)43(33-40(50)51)30-35(42(31-38(46)47)32-39(48)49)34-55(52,54-29-26-44(3,4)5)53-28-23-19-17-15-13-11-9-7-6-8-10-12-14-16-18-22-27-45/h35-37,45H,6-34H2,1-5H3,(H2-,46,47,48,49,50,51)/p+1. The van der Waals surface area contributed by atoms with E-state index < -0.39 is 44.6 Å². The van der Waals surface area contributed by atoms with Crippen molar-refractivity contribution in [2.75, 3.05) is 93.9 Å². The second kappa shape index (κ2) is 29.6. The van der Waals surface area contributed by atoms with E-state index in [4.69, 9.17) is 14.2 Å². The van der Waals surface area contributed by atoms with E-state index >= 15 is 0 Å². The Balaban J connectivity index is 2.90. The molecule has 0 aliphatic heterocycles. The minimum atomic E-state index is -3.89. The van der Waals surface area contributed by atoms with Crippen molar-refractivity contribution in [3.63, 3.8) is 0 Å². The predicted octanol–water partition coefficient (Wildman–Crippen LogP) is 6.25. The van der Waals surface area contributed by atoms with Gasteiger partial charge in [0.15, 0.2) is 0 Å². The molecule has 0 heterocycles. The molecule has 0 amide bonds. The number of aliphatic hydroxyl groups excluding tert-OH is 1. The van der Waals surface area contributed by atoms with Crippen molar-refractivity contribution in [2.45, 2.75) is 147 Å². The van der Waals surface area contributed by atoms with Gasteiger partial charge in [0.25, 0.3) is 0 Å². The zero-order valence-corrected chi connectivity index (χ0v) is 36.1. The number of carboxylic acid groups (broad SMARTS) is 3. The molecule has 324 valence electrons. The molecule has 0 radical (unpaired) electrons. The van der Waals surface area contributed by atoms with Crippen LogP contribution in [-0.4, -0.2) is 170 Å². The maximum Gasteiger partial charge on any atom is 0.332 e. The zero-order chi connectivity index (χ0) is 41.1. The minimum absolute atomic E-state index is 0.0000347. The first-order chi connectivity index (χ1) is 26.1. The van der Waals surface area contributed by atoms with E-state index in [-0.39, 0.29) is 44.5 Å². The fourth-order valence-electron chi connectivity index (χ4n) is 7.58. The summed E-state index contributed by atoms with van der Waals surface area (Å²) in [6.07, 6.45) is 21.7. The fraction of sp³-hybridized carbons (Fsp3) is 0.925. The van der Waals surface area contributed by atoms with Crippen LogP contribution < -0.4 is 0 Å². The van der Waals surface area contributed by atoms with Gasteiger partial charge in [0.1, 0.15) is 13.2 Å². The number of rotatable bonds is 36. The topological polar surface area (TPSA) is 177 Å². The number of aliphatic carboxylic acids is 3. The van der Waals surface area contributed by atoms with Gasteiger partial charge in [-0.05, 0) is 39.8 Å². The van der Waals surface area contributed by atoms with Gasteiger partial charge in [-0.25, -0.2) is 0 Å². The maximum absolute atomic E-state index is 14.6. The van der Waals surface area contributed by atoms with Gasteiger partial charge in [-0.3, -0.25) is 28.7 Å². The van der Waals surface area contributed by atoms with Crippen molar-refractivity contribution in [1.82, 2.24) is 14.7 Å². The minimum Gasteiger partial charge on any atom is -0.480 e. The highest BCUT2D eigenvalue weighted by Gasteiger charge is 2.39. The molecule has 0 aromatic rings. The summed E-state index contributed by atoms with van der Waals surface area (Å²) >= 11 is 0. The van der Waals surface area contributed by atoms with Crippen LogP contribution >= 0.6 is 7.60 Å². The molecule has 0 spiro atoms. The van der Waals surface area contributed by atoms with Crippen LogP contribution in [0.4, 0.5) is 0 Å². The van der Waals surface area contributed by atoms with Crippen LogP contribution in [0.2, 0.25) is 0 Å². The summed E-state index contributed by atoms with van der Waals surface area (Å²) in [7, 11) is 5.98. The van der Waals surface area contributed by atoms with Crippen LogP contribution in [-0.2, 0) is 28.0 Å². The van der Waals surface area contributed by atoms with Crippen LogP contribution in [0, 0.1) is 0 Å². The molecule has 55 heavy (non-hydrogen) atoms. The fourth-order valence-corrected chi connectivity index (χ4v) is 9.49. The molecule has 15 heteroatoms. The second-order valence-corrected chi connectivity index (χ2v) is 19.0. The van der Waals surface area contributed by atoms with Crippen LogP contribution in [0.5, 0.6) is 0 Å². The SMILES string of the molecule is CN(C)C1CCCCC1N(CC(=O)O)CC(CP(=O)(OCCCCCCCCCCCCCCCCCCO)OCC[N+](C)(C)C)N(CC(=O)O)CC(=O)O. The Morgan fingerprint density at radius 2 is 1.07 bits per heavy atom. The first-order valence-corrected chi connectivity index (χ1v) is 22.9. The van der Waals surface area contributed by atoms with E-state index in [0.29, 0.717) is 24.1 Å². The molecular weight excluding hydrogens is 727 g/mol. The van der Waals surface area contributed by atoms with E-state index in [1.54, 1.807) is 4.90 Å². The molecule has 1 rings (SSSR count). The Kier molecular flexibility index (Phi) is 27.6. The molecule has 4 atom stereocenters. The summed E-state index contributed by atoms with van der Waals surface area (Å²) in [5.41, 5.74) is 0. The molecule has 1 aliphatic rings. The van der Waals surface area contributed by atoms with Crippen molar-refractivity contribution < 1.29 is 52.9 Å². The number of quaternary nitrogens is 1. The van der Waals surface area contributed by atoms with Crippen LogP contribution in [0.3, 0.4) is 0 Å². The highest BCUT2D eigenvalue weighted by molar-refractivity contribution is 7.53. The Labute approximate surface area is 333 Å². The number of hydrogen-bond donors (Lipinski definition) is 4. The Hall–Kier alpha value is -1.64. The summed E-state index contributed by atoms with van der Waals surface area (Å²) in [5, 5.41) is 38.4. The number of unbranched alkanes of at least 4 members (excludes halogenated alkanes) is 15. The second-order valence-electron chi connectivity index (χ2n) is 16.9. The maximum atomic E-state index is 14.6. The van der Waals surface area contributed by atoms with Gasteiger partial charge in [-0.1, -0.05) is 103 Å².